The van der Waals surface area contributed by atoms with Gasteiger partial charge in [0.1, 0.15) is 5.82 Å². The molecule has 0 N–H and O–H groups in total. The van der Waals surface area contributed by atoms with Crippen molar-refractivity contribution in [2.24, 2.45) is 10.9 Å². The average molecular weight is 336 g/mol. The number of aromatic nitrogens is 1. The van der Waals surface area contributed by atoms with Crippen LogP contribution in [0.3, 0.4) is 0 Å². The van der Waals surface area contributed by atoms with Crippen LogP contribution in [-0.4, -0.2) is 10.5 Å². The van der Waals surface area contributed by atoms with Crippen LogP contribution in [0.5, 0.6) is 0 Å². The quantitative estimate of drug-likeness (QED) is 0.775. The molecule has 1 heterocycles. The zero-order valence-electron chi connectivity index (χ0n) is 12.7. The molecule has 1 fully saturated rings. The van der Waals surface area contributed by atoms with Gasteiger partial charge in [-0.2, -0.15) is 4.99 Å². The predicted octanol–water partition coefficient (Wildman–Crippen LogP) is 4.17. The minimum atomic E-state index is -0.648. The number of nitrogens with zero attached hydrogens (tertiary/aromatic N) is 2. The molecule has 0 aliphatic heterocycles. The van der Waals surface area contributed by atoms with Gasteiger partial charge in [0.2, 0.25) is 0 Å². The summed E-state index contributed by atoms with van der Waals surface area (Å²) in [5.41, 5.74) is 0.270. The van der Waals surface area contributed by atoms with Gasteiger partial charge >= 0.3 is 0 Å². The first-order valence-corrected chi connectivity index (χ1v) is 8.59. The van der Waals surface area contributed by atoms with Gasteiger partial charge in [0.15, 0.2) is 10.6 Å². The SMILES string of the molecule is C=CCn1c(=NC(=O)C2CCCCC2)sc2cc(F)cc(F)c21. The van der Waals surface area contributed by atoms with E-state index >= 15 is 0 Å². The Balaban J connectivity index is 2.10. The second-order valence-corrected chi connectivity index (χ2v) is 6.81. The molecular formula is C17H18F2N2OS. The summed E-state index contributed by atoms with van der Waals surface area (Å²) >= 11 is 1.13. The van der Waals surface area contributed by atoms with Gasteiger partial charge in [0.05, 0.1) is 10.2 Å². The zero-order chi connectivity index (χ0) is 16.4. The highest BCUT2D eigenvalue weighted by Gasteiger charge is 2.21. The van der Waals surface area contributed by atoms with Crippen LogP contribution < -0.4 is 4.80 Å². The van der Waals surface area contributed by atoms with Crippen molar-refractivity contribution < 1.29 is 13.6 Å². The molecule has 1 aliphatic rings. The number of halogens is 2. The van der Waals surface area contributed by atoms with E-state index in [0.29, 0.717) is 16.0 Å². The highest BCUT2D eigenvalue weighted by atomic mass is 32.1. The van der Waals surface area contributed by atoms with Crippen molar-refractivity contribution in [3.05, 3.63) is 41.2 Å². The van der Waals surface area contributed by atoms with Crippen LogP contribution in [0.2, 0.25) is 0 Å². The van der Waals surface area contributed by atoms with Gasteiger partial charge in [-0.05, 0) is 18.9 Å². The van der Waals surface area contributed by atoms with Crippen molar-refractivity contribution in [3.63, 3.8) is 0 Å². The molecule has 0 bridgehead atoms. The topological polar surface area (TPSA) is 34.4 Å². The second kappa shape index (κ2) is 6.74. The van der Waals surface area contributed by atoms with E-state index in [9.17, 15) is 13.6 Å². The maximum Gasteiger partial charge on any atom is 0.251 e. The minimum Gasteiger partial charge on any atom is -0.310 e. The molecule has 3 nitrogen and oxygen atoms in total. The predicted molar refractivity (Wildman–Crippen MR) is 87.1 cm³/mol. The molecule has 1 aromatic carbocycles. The molecule has 3 rings (SSSR count). The molecule has 0 spiro atoms. The summed E-state index contributed by atoms with van der Waals surface area (Å²) in [6, 6.07) is 2.12. The summed E-state index contributed by atoms with van der Waals surface area (Å²) in [7, 11) is 0. The minimum absolute atomic E-state index is 0.0484. The fourth-order valence-corrected chi connectivity index (χ4v) is 4.13. The molecule has 1 aromatic heterocycles. The van der Waals surface area contributed by atoms with Crippen molar-refractivity contribution in [3.8, 4) is 0 Å². The average Bonchev–Trinajstić information content (AvgIpc) is 2.86. The maximum absolute atomic E-state index is 14.1. The molecule has 0 radical (unpaired) electrons. The molecule has 0 saturated heterocycles. The van der Waals surface area contributed by atoms with Gasteiger partial charge in [-0.15, -0.1) is 6.58 Å². The van der Waals surface area contributed by atoms with E-state index in [1.807, 2.05) is 0 Å². The number of hydrogen-bond acceptors (Lipinski definition) is 2. The third-order valence-corrected chi connectivity index (χ3v) is 5.19. The first-order chi connectivity index (χ1) is 11.1. The van der Waals surface area contributed by atoms with Gasteiger partial charge in [-0.3, -0.25) is 4.79 Å². The standard InChI is InChI=1S/C17H18F2N2OS/c1-2-8-21-15-13(19)9-12(18)10-14(15)23-17(21)20-16(22)11-6-4-3-5-7-11/h2,9-11H,1,3-8H2. The zero-order valence-corrected chi connectivity index (χ0v) is 13.5. The number of carbonyl (C=O) groups excluding carboxylic acids is 1. The molecule has 1 aliphatic carbocycles. The highest BCUT2D eigenvalue weighted by Crippen LogP contribution is 2.25. The fraction of sp³-hybridized carbons (Fsp3) is 0.412. The van der Waals surface area contributed by atoms with Gasteiger partial charge < -0.3 is 4.57 Å². The lowest BCUT2D eigenvalue weighted by Crippen LogP contribution is -2.21. The van der Waals surface area contributed by atoms with E-state index < -0.39 is 11.6 Å². The Morgan fingerprint density at radius 3 is 2.78 bits per heavy atom. The summed E-state index contributed by atoms with van der Waals surface area (Å²) in [5.74, 6) is -1.49. The van der Waals surface area contributed by atoms with E-state index in [0.717, 1.165) is 49.5 Å². The number of thiazole rings is 1. The summed E-state index contributed by atoms with van der Waals surface area (Å²) in [6.07, 6.45) is 6.58. The number of carbonyl (C=O) groups is 1. The summed E-state index contributed by atoms with van der Waals surface area (Å²) in [6.45, 7) is 3.98. The van der Waals surface area contributed by atoms with Crippen molar-refractivity contribution in [1.82, 2.24) is 4.57 Å². The van der Waals surface area contributed by atoms with Crippen LogP contribution in [0.4, 0.5) is 8.78 Å². The third-order valence-electron chi connectivity index (χ3n) is 4.17. The Bertz CT molecular complexity index is 816. The number of hydrogen-bond donors (Lipinski definition) is 0. The molecule has 1 saturated carbocycles. The maximum atomic E-state index is 14.1. The molecule has 0 atom stereocenters. The Kier molecular flexibility index (Phi) is 4.71. The fourth-order valence-electron chi connectivity index (χ4n) is 3.05. The summed E-state index contributed by atoms with van der Waals surface area (Å²) in [5, 5.41) is 0. The molecule has 23 heavy (non-hydrogen) atoms. The van der Waals surface area contributed by atoms with Gasteiger partial charge in [0, 0.05) is 18.5 Å². The number of fused-ring (bicyclic) bond motifs is 1. The van der Waals surface area contributed by atoms with Crippen LogP contribution in [0.25, 0.3) is 10.2 Å². The molecule has 1 amide bonds. The van der Waals surface area contributed by atoms with Crippen LogP contribution in [0.15, 0.2) is 29.8 Å². The highest BCUT2D eigenvalue weighted by molar-refractivity contribution is 7.16. The van der Waals surface area contributed by atoms with Gasteiger partial charge in [-0.25, -0.2) is 8.78 Å². The smallest absolute Gasteiger partial charge is 0.251 e. The Morgan fingerprint density at radius 1 is 1.35 bits per heavy atom. The Hall–Kier alpha value is -1.82. The first kappa shape index (κ1) is 16.1. The van der Waals surface area contributed by atoms with Crippen molar-refractivity contribution in [2.75, 3.05) is 0 Å². The van der Waals surface area contributed by atoms with Crippen LogP contribution in [0.1, 0.15) is 32.1 Å². The molecule has 2 aromatic rings. The molecular weight excluding hydrogens is 318 g/mol. The van der Waals surface area contributed by atoms with E-state index in [2.05, 4.69) is 11.6 Å². The van der Waals surface area contributed by atoms with E-state index in [1.165, 1.54) is 6.07 Å². The lowest BCUT2D eigenvalue weighted by molar-refractivity contribution is -0.122. The van der Waals surface area contributed by atoms with Crippen LogP contribution in [-0.2, 0) is 11.3 Å². The van der Waals surface area contributed by atoms with Crippen molar-refractivity contribution >= 4 is 27.5 Å². The third kappa shape index (κ3) is 3.27. The monoisotopic (exact) mass is 336 g/mol. The number of allylic oxidation sites excluding steroid dienone is 1. The Morgan fingerprint density at radius 2 is 2.09 bits per heavy atom. The number of rotatable bonds is 3. The van der Waals surface area contributed by atoms with Gasteiger partial charge in [0.25, 0.3) is 5.91 Å². The van der Waals surface area contributed by atoms with E-state index in [4.69, 9.17) is 0 Å². The lowest BCUT2D eigenvalue weighted by Gasteiger charge is -2.17. The van der Waals surface area contributed by atoms with E-state index in [-0.39, 0.29) is 17.3 Å². The molecule has 6 heteroatoms. The van der Waals surface area contributed by atoms with Crippen molar-refractivity contribution in [1.29, 1.82) is 0 Å². The van der Waals surface area contributed by atoms with Gasteiger partial charge in [-0.1, -0.05) is 36.7 Å². The van der Waals surface area contributed by atoms with Crippen molar-refractivity contribution in [2.45, 2.75) is 38.6 Å². The second-order valence-electron chi connectivity index (χ2n) is 5.80. The number of amides is 1. The van der Waals surface area contributed by atoms with Crippen LogP contribution in [0, 0.1) is 17.6 Å². The molecule has 0 unspecified atom stereocenters. The first-order valence-electron chi connectivity index (χ1n) is 7.78. The summed E-state index contributed by atoms with van der Waals surface area (Å²) in [4.78, 5) is 17.0. The van der Waals surface area contributed by atoms with Crippen LogP contribution >= 0.6 is 11.3 Å². The lowest BCUT2D eigenvalue weighted by atomic mass is 9.89. The Labute approximate surface area is 137 Å². The normalized spacial score (nSPS) is 16.9. The largest absolute Gasteiger partial charge is 0.310 e. The molecule has 122 valence electrons. The number of benzene rings is 1. The van der Waals surface area contributed by atoms with E-state index in [1.54, 1.807) is 10.6 Å². The summed E-state index contributed by atoms with van der Waals surface area (Å²) < 4.78 is 29.6.